The van der Waals surface area contributed by atoms with Crippen LogP contribution in [0.5, 0.6) is 0 Å². The second-order valence-corrected chi connectivity index (χ2v) is 8.10. The third-order valence-electron chi connectivity index (χ3n) is 3.67. The minimum Gasteiger partial charge on any atom is -0.367 e. The summed E-state index contributed by atoms with van der Waals surface area (Å²) in [5.74, 6) is -0.249. The Bertz CT molecular complexity index is 664. The number of nitrogens with two attached hydrogens (primary N) is 1. The molecular formula is C16H27N3O3S. The third-order valence-corrected chi connectivity index (χ3v) is 5.09. The second-order valence-electron chi connectivity index (χ2n) is 6.56. The molecule has 0 bridgehead atoms. The number of hydrogen-bond acceptors (Lipinski definition) is 3. The van der Waals surface area contributed by atoms with E-state index in [1.807, 2.05) is 39.8 Å². The molecule has 23 heavy (non-hydrogen) atoms. The van der Waals surface area contributed by atoms with Crippen LogP contribution in [0, 0.1) is 0 Å². The van der Waals surface area contributed by atoms with Gasteiger partial charge in [-0.25, -0.2) is 5.48 Å². The van der Waals surface area contributed by atoms with Gasteiger partial charge in [-0.05, 0) is 34.4 Å². The summed E-state index contributed by atoms with van der Waals surface area (Å²) >= 11 is 0. The van der Waals surface area contributed by atoms with Crippen molar-refractivity contribution in [2.75, 3.05) is 0 Å². The van der Waals surface area contributed by atoms with Gasteiger partial charge >= 0.3 is 0 Å². The van der Waals surface area contributed by atoms with Crippen molar-refractivity contribution in [3.8, 4) is 0 Å². The predicted molar refractivity (Wildman–Crippen MR) is 92.4 cm³/mol. The highest BCUT2D eigenvalue weighted by Gasteiger charge is 2.27. The number of hydroxylamine groups is 1. The van der Waals surface area contributed by atoms with E-state index < -0.39 is 16.0 Å². The van der Waals surface area contributed by atoms with Gasteiger partial charge in [0.25, 0.3) is 10.0 Å². The average molecular weight is 341 g/mol. The van der Waals surface area contributed by atoms with Crippen LogP contribution >= 0.6 is 0 Å². The van der Waals surface area contributed by atoms with Gasteiger partial charge in [0, 0.05) is 0 Å². The van der Waals surface area contributed by atoms with Crippen LogP contribution in [0.15, 0.2) is 21.4 Å². The van der Waals surface area contributed by atoms with Crippen molar-refractivity contribution in [1.82, 2.24) is 5.48 Å². The molecule has 0 atom stereocenters. The number of hydrogen-bond donors (Lipinski definition) is 3. The fraction of sp³-hybridized carbons (Fsp3) is 0.562. The van der Waals surface area contributed by atoms with Crippen molar-refractivity contribution in [3.05, 3.63) is 28.8 Å². The Morgan fingerprint density at radius 2 is 1.48 bits per heavy atom. The molecule has 1 aromatic carbocycles. The highest BCUT2D eigenvalue weighted by Crippen LogP contribution is 2.35. The first-order valence-electron chi connectivity index (χ1n) is 7.69. The second kappa shape index (κ2) is 7.31. The maximum Gasteiger partial charge on any atom is 0.286 e. The standard InChI is InChI=1S/C16H27N3O3S/c1-9(2)12-7-13(10(3)4)15(14(8-12)11(5)6)23(21,22)19-16(17)18-20/h7-11,20H,1-6H3,(H3,17,18,19). The van der Waals surface area contributed by atoms with Crippen molar-refractivity contribution in [3.63, 3.8) is 0 Å². The van der Waals surface area contributed by atoms with Gasteiger partial charge in [-0.2, -0.15) is 8.42 Å². The quantitative estimate of drug-likeness (QED) is 0.434. The maximum atomic E-state index is 12.7. The van der Waals surface area contributed by atoms with E-state index in [0.29, 0.717) is 0 Å². The fourth-order valence-corrected chi connectivity index (χ4v) is 3.96. The summed E-state index contributed by atoms with van der Waals surface area (Å²) in [6.45, 7) is 11.9. The van der Waals surface area contributed by atoms with Crippen LogP contribution in [-0.2, 0) is 10.0 Å². The number of sulfonamides is 1. The van der Waals surface area contributed by atoms with Gasteiger partial charge in [0.1, 0.15) is 0 Å². The maximum absolute atomic E-state index is 12.7. The molecule has 0 spiro atoms. The summed E-state index contributed by atoms with van der Waals surface area (Å²) in [6.07, 6.45) is 0. The van der Waals surface area contributed by atoms with E-state index in [4.69, 9.17) is 10.9 Å². The average Bonchev–Trinajstić information content (AvgIpc) is 2.44. The number of nitrogens with zero attached hydrogens (tertiary/aromatic N) is 1. The smallest absolute Gasteiger partial charge is 0.286 e. The summed E-state index contributed by atoms with van der Waals surface area (Å²) in [4.78, 5) is 0.185. The third kappa shape index (κ3) is 4.45. The van der Waals surface area contributed by atoms with Crippen molar-refractivity contribution in [2.24, 2.45) is 10.1 Å². The summed E-state index contributed by atoms with van der Waals surface area (Å²) in [5.41, 5.74) is 9.43. The summed E-state index contributed by atoms with van der Waals surface area (Å²) < 4.78 is 28.9. The van der Waals surface area contributed by atoms with Gasteiger partial charge in [-0.15, -0.1) is 4.40 Å². The monoisotopic (exact) mass is 341 g/mol. The van der Waals surface area contributed by atoms with Gasteiger partial charge in [0.15, 0.2) is 0 Å². The van der Waals surface area contributed by atoms with Crippen molar-refractivity contribution >= 4 is 16.0 Å². The van der Waals surface area contributed by atoms with E-state index in [-0.39, 0.29) is 22.6 Å². The molecule has 0 aromatic heterocycles. The molecule has 4 N–H and O–H groups in total. The fourth-order valence-electron chi connectivity index (χ4n) is 2.38. The lowest BCUT2D eigenvalue weighted by Crippen LogP contribution is -2.29. The van der Waals surface area contributed by atoms with Crippen molar-refractivity contribution in [1.29, 1.82) is 0 Å². The van der Waals surface area contributed by atoms with Crippen LogP contribution in [0.1, 0.15) is 76.0 Å². The van der Waals surface area contributed by atoms with Crippen LogP contribution in [0.4, 0.5) is 0 Å². The van der Waals surface area contributed by atoms with Crippen molar-refractivity contribution < 1.29 is 13.6 Å². The van der Waals surface area contributed by atoms with Crippen LogP contribution in [-0.4, -0.2) is 19.6 Å². The molecule has 0 unspecified atom stereocenters. The van der Waals surface area contributed by atoms with E-state index in [0.717, 1.165) is 16.7 Å². The molecule has 1 aromatic rings. The van der Waals surface area contributed by atoms with E-state index in [9.17, 15) is 8.42 Å². The first-order chi connectivity index (χ1) is 10.5. The normalized spacial score (nSPS) is 13.2. The largest absolute Gasteiger partial charge is 0.367 e. The number of guanidine groups is 1. The molecule has 0 radical (unpaired) electrons. The predicted octanol–water partition coefficient (Wildman–Crippen LogP) is 3.04. The van der Waals surface area contributed by atoms with Gasteiger partial charge in [0.2, 0.25) is 5.96 Å². The molecule has 0 heterocycles. The van der Waals surface area contributed by atoms with Gasteiger partial charge < -0.3 is 5.73 Å². The van der Waals surface area contributed by atoms with E-state index in [1.54, 1.807) is 5.48 Å². The van der Waals surface area contributed by atoms with E-state index in [1.165, 1.54) is 0 Å². The Morgan fingerprint density at radius 3 is 1.78 bits per heavy atom. The zero-order valence-electron chi connectivity index (χ0n) is 14.6. The highest BCUT2D eigenvalue weighted by molar-refractivity contribution is 7.90. The lowest BCUT2D eigenvalue weighted by atomic mass is 9.89. The van der Waals surface area contributed by atoms with E-state index >= 15 is 0 Å². The molecule has 0 saturated heterocycles. The molecule has 6 nitrogen and oxygen atoms in total. The topological polar surface area (TPSA) is 105 Å². The lowest BCUT2D eigenvalue weighted by molar-refractivity contribution is 0.233. The Labute approximate surface area is 138 Å². The Balaban J connectivity index is 3.82. The zero-order valence-corrected chi connectivity index (χ0v) is 15.4. The molecule has 0 fully saturated rings. The zero-order chi connectivity index (χ0) is 17.9. The Kier molecular flexibility index (Phi) is 6.18. The van der Waals surface area contributed by atoms with E-state index in [2.05, 4.69) is 18.2 Å². The molecule has 130 valence electrons. The Morgan fingerprint density at radius 1 is 1.04 bits per heavy atom. The molecule has 1 rings (SSSR count). The van der Waals surface area contributed by atoms with Gasteiger partial charge in [-0.3, -0.25) is 5.21 Å². The molecule has 7 heteroatoms. The first-order valence-corrected chi connectivity index (χ1v) is 9.13. The number of nitrogens with one attached hydrogen (secondary N) is 1. The summed E-state index contributed by atoms with van der Waals surface area (Å²) in [7, 11) is -4.02. The minimum absolute atomic E-state index is 0.00878. The molecule has 0 amide bonds. The van der Waals surface area contributed by atoms with Gasteiger partial charge in [0.05, 0.1) is 4.90 Å². The number of rotatable bonds is 5. The van der Waals surface area contributed by atoms with Crippen LogP contribution in [0.25, 0.3) is 0 Å². The molecule has 0 aliphatic heterocycles. The molecule has 0 saturated carbocycles. The van der Waals surface area contributed by atoms with Gasteiger partial charge in [-0.1, -0.05) is 53.7 Å². The summed E-state index contributed by atoms with van der Waals surface area (Å²) in [6, 6.07) is 3.85. The minimum atomic E-state index is -4.02. The van der Waals surface area contributed by atoms with Crippen LogP contribution < -0.4 is 11.2 Å². The molecule has 0 aliphatic carbocycles. The molecule has 0 aliphatic rings. The SMILES string of the molecule is CC(C)c1cc(C(C)C)c(S(=O)(=O)N=C(N)NO)c(C(C)C)c1. The first kappa shape index (κ1) is 19.4. The van der Waals surface area contributed by atoms with Crippen molar-refractivity contribution in [2.45, 2.75) is 64.2 Å². The number of benzene rings is 1. The summed E-state index contributed by atoms with van der Waals surface area (Å²) in [5, 5.41) is 8.75. The Hall–Kier alpha value is -1.60. The van der Waals surface area contributed by atoms with Crippen LogP contribution in [0.3, 0.4) is 0 Å². The van der Waals surface area contributed by atoms with Crippen LogP contribution in [0.2, 0.25) is 0 Å². The molecular weight excluding hydrogens is 314 g/mol. The lowest BCUT2D eigenvalue weighted by Gasteiger charge is -2.21. The highest BCUT2D eigenvalue weighted by atomic mass is 32.2.